The van der Waals surface area contributed by atoms with Crippen molar-refractivity contribution in [3.05, 3.63) is 70.0 Å². The molecule has 0 aliphatic heterocycles. The first-order valence-electron chi connectivity index (χ1n) is 8.30. The van der Waals surface area contributed by atoms with Crippen molar-refractivity contribution in [1.29, 1.82) is 0 Å². The van der Waals surface area contributed by atoms with Crippen molar-refractivity contribution in [2.24, 2.45) is 0 Å². The molecule has 0 bridgehead atoms. The summed E-state index contributed by atoms with van der Waals surface area (Å²) in [5, 5.41) is 10.7. The molecule has 0 amide bonds. The van der Waals surface area contributed by atoms with Crippen LogP contribution in [-0.2, 0) is 12.3 Å². The van der Waals surface area contributed by atoms with Gasteiger partial charge in [-0.3, -0.25) is 0 Å². The van der Waals surface area contributed by atoms with E-state index in [1.165, 1.54) is 0 Å². The van der Waals surface area contributed by atoms with Crippen LogP contribution in [0.2, 0.25) is 10.0 Å². The van der Waals surface area contributed by atoms with Gasteiger partial charge in [0.05, 0.1) is 10.0 Å². The Morgan fingerprint density at radius 1 is 1.08 bits per heavy atom. The molecule has 4 nitrogen and oxygen atoms in total. The lowest BCUT2D eigenvalue weighted by atomic mass is 10.2. The topological polar surface area (TPSA) is 39.9 Å². The number of thioether (sulfide) groups is 1. The molecule has 3 aromatic rings. The Bertz CT molecular complexity index is 870. The number of benzene rings is 2. The van der Waals surface area contributed by atoms with E-state index in [0.717, 1.165) is 34.6 Å². The second-order valence-electron chi connectivity index (χ2n) is 5.70. The smallest absolute Gasteiger partial charge is 0.191 e. The number of para-hydroxylation sites is 1. The summed E-state index contributed by atoms with van der Waals surface area (Å²) in [6, 6.07) is 15.4. The van der Waals surface area contributed by atoms with Crippen molar-refractivity contribution in [3.8, 4) is 5.75 Å². The second-order valence-corrected chi connectivity index (χ2v) is 7.45. The van der Waals surface area contributed by atoms with Gasteiger partial charge in [-0.15, -0.1) is 10.2 Å². The molecule has 0 saturated carbocycles. The largest absolute Gasteiger partial charge is 0.483 e. The monoisotopic (exact) mass is 407 g/mol. The highest BCUT2D eigenvalue weighted by atomic mass is 35.5. The number of hydrogen-bond donors (Lipinski definition) is 0. The van der Waals surface area contributed by atoms with E-state index < -0.39 is 0 Å². The molecular formula is C19H19Cl2N3OS. The van der Waals surface area contributed by atoms with Crippen LogP contribution >= 0.6 is 35.0 Å². The van der Waals surface area contributed by atoms with E-state index in [9.17, 15) is 0 Å². The van der Waals surface area contributed by atoms with Crippen LogP contribution in [0.25, 0.3) is 0 Å². The maximum Gasteiger partial charge on any atom is 0.191 e. The van der Waals surface area contributed by atoms with Gasteiger partial charge in [-0.1, -0.05) is 59.2 Å². The summed E-state index contributed by atoms with van der Waals surface area (Å²) in [5.41, 5.74) is 1.09. The molecule has 1 atom stereocenters. The molecule has 0 aliphatic rings. The van der Waals surface area contributed by atoms with Gasteiger partial charge in [0.2, 0.25) is 0 Å². The molecule has 0 radical (unpaired) electrons. The van der Waals surface area contributed by atoms with Crippen LogP contribution in [0.4, 0.5) is 0 Å². The molecule has 0 N–H and O–H groups in total. The van der Waals surface area contributed by atoms with Crippen molar-refractivity contribution in [1.82, 2.24) is 14.8 Å². The molecule has 26 heavy (non-hydrogen) atoms. The highest BCUT2D eigenvalue weighted by Gasteiger charge is 2.18. The minimum Gasteiger partial charge on any atom is -0.483 e. The Morgan fingerprint density at radius 2 is 1.85 bits per heavy atom. The lowest BCUT2D eigenvalue weighted by Gasteiger charge is -2.15. The Hall–Kier alpha value is -1.69. The van der Waals surface area contributed by atoms with Crippen LogP contribution in [0.15, 0.2) is 53.7 Å². The van der Waals surface area contributed by atoms with Crippen LogP contribution in [0.5, 0.6) is 5.75 Å². The SMILES string of the molecule is CCn1c(SCc2ccc(Cl)c(Cl)c2)nnc1C(C)Oc1ccccc1. The Morgan fingerprint density at radius 3 is 2.54 bits per heavy atom. The predicted molar refractivity (Wildman–Crippen MR) is 107 cm³/mol. The summed E-state index contributed by atoms with van der Waals surface area (Å²) in [6.07, 6.45) is -0.191. The zero-order valence-corrected chi connectivity index (χ0v) is 16.9. The third kappa shape index (κ3) is 4.53. The molecule has 0 saturated heterocycles. The first-order valence-corrected chi connectivity index (χ1v) is 10.0. The fourth-order valence-electron chi connectivity index (χ4n) is 2.54. The van der Waals surface area contributed by atoms with E-state index in [0.29, 0.717) is 10.0 Å². The summed E-state index contributed by atoms with van der Waals surface area (Å²) >= 11 is 13.7. The van der Waals surface area contributed by atoms with Gasteiger partial charge < -0.3 is 9.30 Å². The van der Waals surface area contributed by atoms with E-state index in [-0.39, 0.29) is 6.10 Å². The maximum absolute atomic E-state index is 6.09. The first kappa shape index (κ1) is 19.1. The molecule has 0 aliphatic carbocycles. The summed E-state index contributed by atoms with van der Waals surface area (Å²) in [6.45, 7) is 4.83. The Kier molecular flexibility index (Phi) is 6.46. The third-order valence-electron chi connectivity index (χ3n) is 3.83. The quantitative estimate of drug-likeness (QED) is 0.447. The number of halogens is 2. The lowest BCUT2D eigenvalue weighted by Crippen LogP contribution is -2.11. The van der Waals surface area contributed by atoms with Crippen molar-refractivity contribution in [2.75, 3.05) is 0 Å². The zero-order valence-electron chi connectivity index (χ0n) is 14.5. The average Bonchev–Trinajstić information content (AvgIpc) is 3.06. The molecule has 1 heterocycles. The van der Waals surface area contributed by atoms with Crippen LogP contribution < -0.4 is 4.74 Å². The number of hydrogen-bond acceptors (Lipinski definition) is 4. The number of ether oxygens (including phenoxy) is 1. The summed E-state index contributed by atoms with van der Waals surface area (Å²) in [4.78, 5) is 0. The van der Waals surface area contributed by atoms with E-state index in [1.807, 2.05) is 55.5 Å². The highest BCUT2D eigenvalue weighted by Crippen LogP contribution is 2.29. The summed E-state index contributed by atoms with van der Waals surface area (Å²) in [7, 11) is 0. The minimum atomic E-state index is -0.191. The van der Waals surface area contributed by atoms with E-state index in [1.54, 1.807) is 11.8 Å². The molecular weight excluding hydrogens is 389 g/mol. The zero-order chi connectivity index (χ0) is 18.5. The fourth-order valence-corrected chi connectivity index (χ4v) is 3.81. The van der Waals surface area contributed by atoms with Gasteiger partial charge in [0.1, 0.15) is 5.75 Å². The molecule has 3 rings (SSSR count). The Balaban J connectivity index is 1.72. The van der Waals surface area contributed by atoms with Gasteiger partial charge in [-0.2, -0.15) is 0 Å². The Labute approximate surface area is 167 Å². The van der Waals surface area contributed by atoms with Gasteiger partial charge in [0.15, 0.2) is 17.1 Å². The van der Waals surface area contributed by atoms with E-state index in [4.69, 9.17) is 27.9 Å². The predicted octanol–water partition coefficient (Wildman–Crippen LogP) is 6.04. The van der Waals surface area contributed by atoms with Crippen LogP contribution in [0.1, 0.15) is 31.3 Å². The van der Waals surface area contributed by atoms with Crippen molar-refractivity contribution in [3.63, 3.8) is 0 Å². The molecule has 2 aromatic carbocycles. The van der Waals surface area contributed by atoms with Gasteiger partial charge in [-0.05, 0) is 43.7 Å². The van der Waals surface area contributed by atoms with Crippen molar-refractivity contribution in [2.45, 2.75) is 37.4 Å². The standard InChI is InChI=1S/C19H19Cl2N3OS/c1-3-24-18(13(2)25-15-7-5-4-6-8-15)22-23-19(24)26-12-14-9-10-16(20)17(21)11-14/h4-11,13H,3,12H2,1-2H3. The molecule has 1 unspecified atom stereocenters. The van der Waals surface area contributed by atoms with Gasteiger partial charge >= 0.3 is 0 Å². The number of rotatable bonds is 7. The molecule has 1 aromatic heterocycles. The third-order valence-corrected chi connectivity index (χ3v) is 5.61. The second kappa shape index (κ2) is 8.80. The van der Waals surface area contributed by atoms with Crippen LogP contribution in [0.3, 0.4) is 0 Å². The van der Waals surface area contributed by atoms with E-state index in [2.05, 4.69) is 21.7 Å². The number of aromatic nitrogens is 3. The van der Waals surface area contributed by atoms with Crippen molar-refractivity contribution < 1.29 is 4.74 Å². The molecule has 0 fully saturated rings. The average molecular weight is 408 g/mol. The normalized spacial score (nSPS) is 12.2. The fraction of sp³-hybridized carbons (Fsp3) is 0.263. The molecule has 0 spiro atoms. The van der Waals surface area contributed by atoms with Crippen LogP contribution in [-0.4, -0.2) is 14.8 Å². The number of nitrogens with zero attached hydrogens (tertiary/aromatic N) is 3. The maximum atomic E-state index is 6.09. The van der Waals surface area contributed by atoms with E-state index >= 15 is 0 Å². The van der Waals surface area contributed by atoms with Gasteiger partial charge in [-0.25, -0.2) is 0 Å². The summed E-state index contributed by atoms with van der Waals surface area (Å²) in [5.74, 6) is 2.37. The minimum absolute atomic E-state index is 0.191. The lowest BCUT2D eigenvalue weighted by molar-refractivity contribution is 0.210. The van der Waals surface area contributed by atoms with Crippen molar-refractivity contribution >= 4 is 35.0 Å². The first-order chi connectivity index (χ1) is 12.6. The summed E-state index contributed by atoms with van der Waals surface area (Å²) < 4.78 is 8.06. The highest BCUT2D eigenvalue weighted by molar-refractivity contribution is 7.98. The van der Waals surface area contributed by atoms with Gasteiger partial charge in [0.25, 0.3) is 0 Å². The molecule has 136 valence electrons. The molecule has 7 heteroatoms. The van der Waals surface area contributed by atoms with Crippen LogP contribution in [0, 0.1) is 0 Å². The van der Waals surface area contributed by atoms with Gasteiger partial charge in [0, 0.05) is 12.3 Å².